The molecular formula is C11H15FOS. The van der Waals surface area contributed by atoms with E-state index in [2.05, 4.69) is 19.6 Å². The first-order valence-electron chi connectivity index (χ1n) is 4.85. The number of unbranched alkanes of at least 4 members (excludes halogenated alkanes) is 2. The topological polar surface area (TPSA) is 9.23 Å². The Kier molecular flexibility index (Phi) is 4.80. The minimum atomic E-state index is -0.284. The average molecular weight is 214 g/mol. The minimum absolute atomic E-state index is 0.284. The zero-order chi connectivity index (χ0) is 10.4. The fourth-order valence-electron chi connectivity index (χ4n) is 1.14. The van der Waals surface area contributed by atoms with Crippen molar-refractivity contribution in [2.45, 2.75) is 31.1 Å². The van der Waals surface area contributed by atoms with Gasteiger partial charge in [0.1, 0.15) is 11.6 Å². The van der Waals surface area contributed by atoms with E-state index in [-0.39, 0.29) is 5.82 Å². The van der Waals surface area contributed by atoms with Crippen molar-refractivity contribution in [2.24, 2.45) is 0 Å². The fraction of sp³-hybridized carbons (Fsp3) is 0.455. The summed E-state index contributed by atoms with van der Waals surface area (Å²) in [6, 6.07) is 4.35. The summed E-state index contributed by atoms with van der Waals surface area (Å²) in [5.41, 5.74) is 0. The second-order valence-corrected chi connectivity index (χ2v) is 3.65. The molecule has 1 aromatic rings. The summed E-state index contributed by atoms with van der Waals surface area (Å²) in [6.45, 7) is 2.76. The summed E-state index contributed by atoms with van der Waals surface area (Å²) in [5.74, 6) is 0.248. The Morgan fingerprint density at radius 1 is 1.36 bits per heavy atom. The highest BCUT2D eigenvalue weighted by atomic mass is 32.1. The molecule has 0 amide bonds. The van der Waals surface area contributed by atoms with Crippen molar-refractivity contribution in [2.75, 3.05) is 6.61 Å². The van der Waals surface area contributed by atoms with E-state index < -0.39 is 0 Å². The normalized spacial score (nSPS) is 10.2. The third kappa shape index (κ3) is 3.58. The van der Waals surface area contributed by atoms with Gasteiger partial charge in [-0.15, -0.1) is 12.6 Å². The second-order valence-electron chi connectivity index (χ2n) is 3.17. The Labute approximate surface area is 89.7 Å². The van der Waals surface area contributed by atoms with Crippen LogP contribution in [0.3, 0.4) is 0 Å². The zero-order valence-corrected chi connectivity index (χ0v) is 9.19. The first-order chi connectivity index (χ1) is 6.74. The minimum Gasteiger partial charge on any atom is -0.492 e. The summed E-state index contributed by atoms with van der Waals surface area (Å²) in [6.07, 6.45) is 3.29. The molecule has 0 fully saturated rings. The molecule has 14 heavy (non-hydrogen) atoms. The smallest absolute Gasteiger partial charge is 0.135 e. The van der Waals surface area contributed by atoms with Crippen molar-refractivity contribution in [3.05, 3.63) is 24.0 Å². The van der Waals surface area contributed by atoms with Crippen molar-refractivity contribution < 1.29 is 9.13 Å². The predicted molar refractivity (Wildman–Crippen MR) is 58.7 cm³/mol. The molecule has 0 N–H and O–H groups in total. The quantitative estimate of drug-likeness (QED) is 0.581. The van der Waals surface area contributed by atoms with Crippen LogP contribution < -0.4 is 4.74 Å². The Bertz CT molecular complexity index is 289. The molecule has 0 aromatic heterocycles. The van der Waals surface area contributed by atoms with E-state index in [0.29, 0.717) is 17.3 Å². The maximum atomic E-state index is 12.8. The number of thiol groups is 1. The van der Waals surface area contributed by atoms with Gasteiger partial charge in [-0.2, -0.15) is 0 Å². The number of hydrogen-bond acceptors (Lipinski definition) is 2. The van der Waals surface area contributed by atoms with Crippen LogP contribution in [0.1, 0.15) is 26.2 Å². The lowest BCUT2D eigenvalue weighted by Crippen LogP contribution is -1.98. The van der Waals surface area contributed by atoms with Gasteiger partial charge in [-0.05, 0) is 18.6 Å². The summed E-state index contributed by atoms with van der Waals surface area (Å²) >= 11 is 4.18. The standard InChI is InChI=1S/C11H15FOS/c1-2-3-4-7-13-10-8-9(12)5-6-11(10)14/h5-6,8,14H,2-4,7H2,1H3. The van der Waals surface area contributed by atoms with Gasteiger partial charge >= 0.3 is 0 Å². The lowest BCUT2D eigenvalue weighted by molar-refractivity contribution is 0.298. The number of ether oxygens (including phenoxy) is 1. The molecule has 0 radical (unpaired) electrons. The maximum absolute atomic E-state index is 12.8. The molecule has 0 aliphatic heterocycles. The molecule has 1 rings (SSSR count). The molecule has 0 saturated carbocycles. The van der Waals surface area contributed by atoms with Crippen molar-refractivity contribution in [3.8, 4) is 5.75 Å². The summed E-state index contributed by atoms with van der Waals surface area (Å²) in [5, 5.41) is 0. The van der Waals surface area contributed by atoms with Gasteiger partial charge in [-0.1, -0.05) is 19.8 Å². The maximum Gasteiger partial charge on any atom is 0.135 e. The van der Waals surface area contributed by atoms with Crippen molar-refractivity contribution in [1.82, 2.24) is 0 Å². The summed E-state index contributed by atoms with van der Waals surface area (Å²) in [7, 11) is 0. The summed E-state index contributed by atoms with van der Waals surface area (Å²) < 4.78 is 18.2. The molecular weight excluding hydrogens is 199 g/mol. The highest BCUT2D eigenvalue weighted by Crippen LogP contribution is 2.23. The highest BCUT2D eigenvalue weighted by Gasteiger charge is 2.01. The van der Waals surface area contributed by atoms with Gasteiger partial charge in [-0.3, -0.25) is 0 Å². The van der Waals surface area contributed by atoms with Crippen LogP contribution >= 0.6 is 12.6 Å². The van der Waals surface area contributed by atoms with E-state index in [1.165, 1.54) is 12.1 Å². The van der Waals surface area contributed by atoms with Gasteiger partial charge in [0.25, 0.3) is 0 Å². The average Bonchev–Trinajstić information content (AvgIpc) is 2.18. The van der Waals surface area contributed by atoms with Gasteiger partial charge < -0.3 is 4.74 Å². The van der Waals surface area contributed by atoms with Crippen molar-refractivity contribution in [1.29, 1.82) is 0 Å². The number of halogens is 1. The van der Waals surface area contributed by atoms with E-state index in [1.807, 2.05) is 0 Å². The Hall–Kier alpha value is -0.700. The first-order valence-corrected chi connectivity index (χ1v) is 5.30. The molecule has 0 saturated heterocycles. The lowest BCUT2D eigenvalue weighted by Gasteiger charge is -2.07. The Balaban J connectivity index is 2.45. The number of hydrogen-bond donors (Lipinski definition) is 1. The third-order valence-electron chi connectivity index (χ3n) is 1.93. The Morgan fingerprint density at radius 3 is 2.86 bits per heavy atom. The number of rotatable bonds is 5. The largest absolute Gasteiger partial charge is 0.492 e. The van der Waals surface area contributed by atoms with Gasteiger partial charge in [0.15, 0.2) is 0 Å². The van der Waals surface area contributed by atoms with Gasteiger partial charge in [0.2, 0.25) is 0 Å². The molecule has 0 heterocycles. The summed E-state index contributed by atoms with van der Waals surface area (Å²) in [4.78, 5) is 0.683. The van der Waals surface area contributed by atoms with Crippen LogP contribution in [-0.2, 0) is 0 Å². The third-order valence-corrected chi connectivity index (χ3v) is 2.30. The molecule has 1 aromatic carbocycles. The van der Waals surface area contributed by atoms with E-state index in [0.717, 1.165) is 19.3 Å². The molecule has 0 atom stereocenters. The van der Waals surface area contributed by atoms with Crippen LogP contribution in [0.5, 0.6) is 5.75 Å². The monoisotopic (exact) mass is 214 g/mol. The molecule has 78 valence electrons. The van der Waals surface area contributed by atoms with Crippen LogP contribution in [-0.4, -0.2) is 6.61 Å². The van der Waals surface area contributed by atoms with E-state index in [9.17, 15) is 4.39 Å². The van der Waals surface area contributed by atoms with Gasteiger partial charge in [0.05, 0.1) is 6.61 Å². The van der Waals surface area contributed by atoms with Crippen LogP contribution in [0.25, 0.3) is 0 Å². The first kappa shape index (κ1) is 11.4. The fourth-order valence-corrected chi connectivity index (χ4v) is 1.34. The number of benzene rings is 1. The molecule has 0 aliphatic carbocycles. The molecule has 0 bridgehead atoms. The van der Waals surface area contributed by atoms with E-state index in [4.69, 9.17) is 4.74 Å². The lowest BCUT2D eigenvalue weighted by atomic mass is 10.3. The molecule has 3 heteroatoms. The van der Waals surface area contributed by atoms with Crippen LogP contribution in [0.2, 0.25) is 0 Å². The van der Waals surface area contributed by atoms with Crippen LogP contribution in [0.4, 0.5) is 4.39 Å². The molecule has 0 unspecified atom stereocenters. The molecule has 0 aliphatic rings. The molecule has 0 spiro atoms. The Morgan fingerprint density at radius 2 is 2.14 bits per heavy atom. The molecule has 1 nitrogen and oxygen atoms in total. The van der Waals surface area contributed by atoms with Crippen molar-refractivity contribution in [3.63, 3.8) is 0 Å². The highest BCUT2D eigenvalue weighted by molar-refractivity contribution is 7.80. The predicted octanol–water partition coefficient (Wildman–Crippen LogP) is 3.68. The zero-order valence-electron chi connectivity index (χ0n) is 8.29. The SMILES string of the molecule is CCCCCOc1cc(F)ccc1S. The second kappa shape index (κ2) is 5.91. The van der Waals surface area contributed by atoms with E-state index >= 15 is 0 Å². The van der Waals surface area contributed by atoms with Gasteiger partial charge in [0, 0.05) is 11.0 Å². The van der Waals surface area contributed by atoms with E-state index in [1.54, 1.807) is 6.07 Å². The van der Waals surface area contributed by atoms with Gasteiger partial charge in [-0.25, -0.2) is 4.39 Å². The van der Waals surface area contributed by atoms with Crippen molar-refractivity contribution >= 4 is 12.6 Å². The van der Waals surface area contributed by atoms with Crippen LogP contribution in [0.15, 0.2) is 23.1 Å². The van der Waals surface area contributed by atoms with Crippen LogP contribution in [0, 0.1) is 5.82 Å².